The summed E-state index contributed by atoms with van der Waals surface area (Å²) in [4.78, 5) is 11.7. The molecule has 1 rings (SSSR count). The molecule has 0 aliphatic heterocycles. The van der Waals surface area contributed by atoms with E-state index in [0.29, 0.717) is 0 Å². The number of rotatable bonds is 4. The van der Waals surface area contributed by atoms with Crippen molar-refractivity contribution in [2.75, 3.05) is 5.32 Å². The van der Waals surface area contributed by atoms with Gasteiger partial charge in [0.15, 0.2) is 0 Å². The minimum Gasteiger partial charge on any atom is -0.316 e. The lowest BCUT2D eigenvalue weighted by molar-refractivity contribution is -0.120. The van der Waals surface area contributed by atoms with Crippen molar-refractivity contribution in [2.45, 2.75) is 33.6 Å². The zero-order valence-electron chi connectivity index (χ0n) is 8.83. The van der Waals surface area contributed by atoms with Crippen molar-refractivity contribution in [3.05, 3.63) is 11.8 Å². The van der Waals surface area contributed by atoms with Crippen LogP contribution >= 0.6 is 11.5 Å². The summed E-state index contributed by atoms with van der Waals surface area (Å²) < 4.78 is 4.11. The van der Waals surface area contributed by atoms with Crippen molar-refractivity contribution in [3.8, 4) is 0 Å². The van der Waals surface area contributed by atoms with Crippen LogP contribution in [0.15, 0.2) is 6.07 Å². The fraction of sp³-hybridized carbons (Fsp3) is 0.600. The zero-order chi connectivity index (χ0) is 10.6. The fourth-order valence-corrected chi connectivity index (χ4v) is 1.97. The Balaban J connectivity index is 2.56. The van der Waals surface area contributed by atoms with Gasteiger partial charge >= 0.3 is 0 Å². The van der Waals surface area contributed by atoms with E-state index in [2.05, 4.69) is 9.69 Å². The second-order valence-corrected chi connectivity index (χ2v) is 4.14. The van der Waals surface area contributed by atoms with E-state index in [-0.39, 0.29) is 11.8 Å². The highest BCUT2D eigenvalue weighted by atomic mass is 32.1. The molecule has 0 saturated heterocycles. The first-order chi connectivity index (χ1) is 6.67. The molecule has 1 aromatic rings. The molecule has 0 aliphatic carbocycles. The van der Waals surface area contributed by atoms with E-state index in [1.165, 1.54) is 11.5 Å². The van der Waals surface area contributed by atoms with Gasteiger partial charge in [-0.15, -0.1) is 0 Å². The molecule has 3 nitrogen and oxygen atoms in total. The summed E-state index contributed by atoms with van der Waals surface area (Å²) in [6.45, 7) is 5.99. The zero-order valence-corrected chi connectivity index (χ0v) is 9.65. The minimum atomic E-state index is 0.110. The minimum absolute atomic E-state index is 0.110. The van der Waals surface area contributed by atoms with Crippen LogP contribution in [-0.2, 0) is 4.79 Å². The van der Waals surface area contributed by atoms with E-state index >= 15 is 0 Å². The maximum atomic E-state index is 11.7. The number of amides is 1. The lowest BCUT2D eigenvalue weighted by atomic mass is 10.0. The van der Waals surface area contributed by atoms with Crippen molar-refractivity contribution in [1.82, 2.24) is 4.37 Å². The molecule has 14 heavy (non-hydrogen) atoms. The molecular formula is C10H16N2OS. The van der Waals surface area contributed by atoms with Gasteiger partial charge in [0, 0.05) is 5.92 Å². The van der Waals surface area contributed by atoms with Crippen LogP contribution in [0.1, 0.15) is 32.4 Å². The number of hydrogen-bond donors (Lipinski definition) is 1. The van der Waals surface area contributed by atoms with Gasteiger partial charge in [-0.3, -0.25) is 4.79 Å². The molecule has 0 atom stereocenters. The SMILES string of the molecule is CCC(CC)C(=O)Nc1cc(C)ns1. The van der Waals surface area contributed by atoms with Gasteiger partial charge in [-0.05, 0) is 37.4 Å². The number of carbonyl (C=O) groups is 1. The number of hydrogen-bond acceptors (Lipinski definition) is 3. The molecule has 0 aromatic carbocycles. The van der Waals surface area contributed by atoms with E-state index < -0.39 is 0 Å². The van der Waals surface area contributed by atoms with Crippen LogP contribution < -0.4 is 5.32 Å². The third-order valence-corrected chi connectivity index (χ3v) is 3.03. The molecule has 1 N–H and O–H groups in total. The van der Waals surface area contributed by atoms with Gasteiger partial charge in [0.05, 0.1) is 5.69 Å². The first-order valence-electron chi connectivity index (χ1n) is 4.91. The predicted molar refractivity (Wildman–Crippen MR) is 59.6 cm³/mol. The van der Waals surface area contributed by atoms with Gasteiger partial charge in [0.1, 0.15) is 5.00 Å². The van der Waals surface area contributed by atoms with Crippen LogP contribution in [0.4, 0.5) is 5.00 Å². The molecule has 0 fully saturated rings. The maximum absolute atomic E-state index is 11.7. The first kappa shape index (κ1) is 11.2. The van der Waals surface area contributed by atoms with E-state index in [0.717, 1.165) is 23.5 Å². The van der Waals surface area contributed by atoms with E-state index in [1.54, 1.807) is 0 Å². The molecule has 0 saturated carbocycles. The van der Waals surface area contributed by atoms with Crippen LogP contribution in [0.3, 0.4) is 0 Å². The molecule has 0 unspecified atom stereocenters. The first-order valence-corrected chi connectivity index (χ1v) is 5.68. The smallest absolute Gasteiger partial charge is 0.228 e. The number of aromatic nitrogens is 1. The summed E-state index contributed by atoms with van der Waals surface area (Å²) in [7, 11) is 0. The van der Waals surface area contributed by atoms with E-state index in [9.17, 15) is 4.79 Å². The van der Waals surface area contributed by atoms with Crippen LogP contribution in [0, 0.1) is 12.8 Å². The molecule has 0 bridgehead atoms. The standard InChI is InChI=1S/C10H16N2OS/c1-4-8(5-2)10(13)11-9-6-7(3)12-14-9/h6,8H,4-5H2,1-3H3,(H,11,13). The Kier molecular flexibility index (Phi) is 4.07. The highest BCUT2D eigenvalue weighted by Gasteiger charge is 2.14. The van der Waals surface area contributed by atoms with E-state index in [1.807, 2.05) is 26.8 Å². The number of anilines is 1. The van der Waals surface area contributed by atoms with Crippen LogP contribution in [0.2, 0.25) is 0 Å². The van der Waals surface area contributed by atoms with Crippen molar-refractivity contribution in [2.24, 2.45) is 5.92 Å². The van der Waals surface area contributed by atoms with Gasteiger partial charge in [0.2, 0.25) is 5.91 Å². The van der Waals surface area contributed by atoms with Crippen LogP contribution in [0.5, 0.6) is 0 Å². The van der Waals surface area contributed by atoms with Gasteiger partial charge in [-0.2, -0.15) is 4.37 Å². The highest BCUT2D eigenvalue weighted by molar-refractivity contribution is 7.10. The average Bonchev–Trinajstić information content (AvgIpc) is 2.53. The van der Waals surface area contributed by atoms with Crippen LogP contribution in [0.25, 0.3) is 0 Å². The van der Waals surface area contributed by atoms with Crippen molar-refractivity contribution >= 4 is 22.4 Å². The Morgan fingerprint density at radius 1 is 1.57 bits per heavy atom. The third kappa shape index (κ3) is 2.80. The van der Waals surface area contributed by atoms with Gasteiger partial charge in [-0.25, -0.2) is 0 Å². The quantitative estimate of drug-likeness (QED) is 0.833. The summed E-state index contributed by atoms with van der Waals surface area (Å²) in [5.41, 5.74) is 0.954. The third-order valence-electron chi connectivity index (χ3n) is 2.23. The van der Waals surface area contributed by atoms with E-state index in [4.69, 9.17) is 0 Å². The van der Waals surface area contributed by atoms with Gasteiger partial charge < -0.3 is 5.32 Å². The summed E-state index contributed by atoms with van der Waals surface area (Å²) >= 11 is 1.33. The second-order valence-electron chi connectivity index (χ2n) is 3.34. The molecule has 1 heterocycles. The molecular weight excluding hydrogens is 196 g/mol. The summed E-state index contributed by atoms with van der Waals surface area (Å²) in [5.74, 6) is 0.232. The molecule has 0 aliphatic rings. The normalized spacial score (nSPS) is 10.6. The largest absolute Gasteiger partial charge is 0.316 e. The predicted octanol–water partition coefficient (Wildman–Crippen LogP) is 2.83. The Bertz CT molecular complexity index is 305. The van der Waals surface area contributed by atoms with Gasteiger partial charge in [-0.1, -0.05) is 13.8 Å². The van der Waals surface area contributed by atoms with Gasteiger partial charge in [0.25, 0.3) is 0 Å². The molecule has 0 radical (unpaired) electrons. The fourth-order valence-electron chi connectivity index (χ4n) is 1.31. The average molecular weight is 212 g/mol. The maximum Gasteiger partial charge on any atom is 0.228 e. The van der Waals surface area contributed by atoms with Crippen molar-refractivity contribution in [1.29, 1.82) is 0 Å². The number of nitrogens with one attached hydrogen (secondary N) is 1. The Hall–Kier alpha value is -0.900. The summed E-state index contributed by atoms with van der Waals surface area (Å²) in [6.07, 6.45) is 1.78. The highest BCUT2D eigenvalue weighted by Crippen LogP contribution is 2.18. The van der Waals surface area contributed by atoms with Crippen molar-refractivity contribution < 1.29 is 4.79 Å². The molecule has 1 aromatic heterocycles. The molecule has 78 valence electrons. The Labute approximate surface area is 88.7 Å². The molecule has 0 spiro atoms. The Morgan fingerprint density at radius 2 is 2.21 bits per heavy atom. The number of aryl methyl sites for hydroxylation is 1. The molecule has 4 heteroatoms. The number of carbonyl (C=O) groups excluding carboxylic acids is 1. The lowest BCUT2D eigenvalue weighted by Crippen LogP contribution is -2.20. The Morgan fingerprint density at radius 3 is 2.64 bits per heavy atom. The monoisotopic (exact) mass is 212 g/mol. The lowest BCUT2D eigenvalue weighted by Gasteiger charge is -2.10. The summed E-state index contributed by atoms with van der Waals surface area (Å²) in [5, 5.41) is 3.73. The van der Waals surface area contributed by atoms with Crippen molar-refractivity contribution in [3.63, 3.8) is 0 Å². The summed E-state index contributed by atoms with van der Waals surface area (Å²) in [6, 6.07) is 1.89. The molecule has 1 amide bonds. The van der Waals surface area contributed by atoms with Crippen LogP contribution in [-0.4, -0.2) is 10.3 Å². The number of nitrogens with zero attached hydrogens (tertiary/aromatic N) is 1. The topological polar surface area (TPSA) is 42.0 Å². The second kappa shape index (κ2) is 5.10.